The Kier molecular flexibility index (Phi) is 5.90. The molecular formula is C16H20FNO3. The number of piperidine rings is 1. The van der Waals surface area contributed by atoms with Crippen LogP contribution in [0.15, 0.2) is 30.3 Å². The van der Waals surface area contributed by atoms with Crippen LogP contribution in [0, 0.1) is 5.82 Å². The molecule has 1 fully saturated rings. The number of aliphatic hydroxyl groups is 1. The van der Waals surface area contributed by atoms with Crippen molar-refractivity contribution in [3.8, 4) is 0 Å². The summed E-state index contributed by atoms with van der Waals surface area (Å²) < 4.78 is 18.9. The summed E-state index contributed by atoms with van der Waals surface area (Å²) in [6.07, 6.45) is 4.55. The first-order valence-electron chi connectivity index (χ1n) is 7.14. The van der Waals surface area contributed by atoms with E-state index in [1.54, 1.807) is 23.1 Å². The normalized spacial score (nSPS) is 16.6. The average Bonchev–Trinajstić information content (AvgIpc) is 2.52. The summed E-state index contributed by atoms with van der Waals surface area (Å²) in [4.78, 5) is 13.8. The van der Waals surface area contributed by atoms with Crippen LogP contribution in [-0.2, 0) is 9.53 Å². The molecule has 1 aromatic carbocycles. The molecule has 2 rings (SSSR count). The summed E-state index contributed by atoms with van der Waals surface area (Å²) in [5.74, 6) is -0.448. The molecular weight excluding hydrogens is 273 g/mol. The molecule has 21 heavy (non-hydrogen) atoms. The second kappa shape index (κ2) is 7.90. The Bertz CT molecular complexity index is 496. The van der Waals surface area contributed by atoms with Crippen molar-refractivity contribution in [2.75, 3.05) is 26.3 Å². The fourth-order valence-electron chi connectivity index (χ4n) is 2.34. The number of benzene rings is 1. The molecule has 114 valence electrons. The molecule has 0 radical (unpaired) electrons. The first-order valence-corrected chi connectivity index (χ1v) is 7.14. The Morgan fingerprint density at radius 3 is 2.76 bits per heavy atom. The molecule has 0 aromatic heterocycles. The zero-order chi connectivity index (χ0) is 15.1. The number of likely N-dealkylation sites (tertiary alicyclic amines) is 1. The van der Waals surface area contributed by atoms with Crippen molar-refractivity contribution in [3.63, 3.8) is 0 Å². The van der Waals surface area contributed by atoms with Gasteiger partial charge in [-0.25, -0.2) is 4.39 Å². The van der Waals surface area contributed by atoms with E-state index in [9.17, 15) is 9.18 Å². The lowest BCUT2D eigenvalue weighted by Gasteiger charge is -2.31. The number of amides is 1. The summed E-state index contributed by atoms with van der Waals surface area (Å²) in [7, 11) is 0. The average molecular weight is 293 g/mol. The van der Waals surface area contributed by atoms with E-state index in [4.69, 9.17) is 9.84 Å². The summed E-state index contributed by atoms with van der Waals surface area (Å²) in [5, 5.41) is 8.71. The third-order valence-electron chi connectivity index (χ3n) is 3.51. The van der Waals surface area contributed by atoms with Gasteiger partial charge in [-0.05, 0) is 25.0 Å². The van der Waals surface area contributed by atoms with E-state index < -0.39 is 0 Å². The lowest BCUT2D eigenvalue weighted by Crippen LogP contribution is -2.40. The summed E-state index contributed by atoms with van der Waals surface area (Å²) in [5.41, 5.74) is 0.409. The Morgan fingerprint density at radius 1 is 1.38 bits per heavy atom. The van der Waals surface area contributed by atoms with Crippen LogP contribution in [0.5, 0.6) is 0 Å². The van der Waals surface area contributed by atoms with Crippen LogP contribution in [0.25, 0.3) is 6.08 Å². The highest BCUT2D eigenvalue weighted by molar-refractivity contribution is 5.91. The second-order valence-corrected chi connectivity index (χ2v) is 4.97. The van der Waals surface area contributed by atoms with E-state index in [0.717, 1.165) is 12.8 Å². The summed E-state index contributed by atoms with van der Waals surface area (Å²) >= 11 is 0. The smallest absolute Gasteiger partial charge is 0.246 e. The number of rotatable bonds is 5. The van der Waals surface area contributed by atoms with E-state index in [-0.39, 0.29) is 24.4 Å². The quantitative estimate of drug-likeness (QED) is 0.843. The topological polar surface area (TPSA) is 49.8 Å². The van der Waals surface area contributed by atoms with Gasteiger partial charge in [-0.15, -0.1) is 0 Å². The van der Waals surface area contributed by atoms with Crippen LogP contribution < -0.4 is 0 Å². The van der Waals surface area contributed by atoms with E-state index in [2.05, 4.69) is 0 Å². The highest BCUT2D eigenvalue weighted by Crippen LogP contribution is 2.15. The van der Waals surface area contributed by atoms with Gasteiger partial charge in [0.25, 0.3) is 0 Å². The third kappa shape index (κ3) is 4.65. The van der Waals surface area contributed by atoms with Gasteiger partial charge >= 0.3 is 0 Å². The van der Waals surface area contributed by atoms with Crippen molar-refractivity contribution in [2.45, 2.75) is 18.9 Å². The molecule has 0 bridgehead atoms. The number of hydrogen-bond acceptors (Lipinski definition) is 3. The van der Waals surface area contributed by atoms with Gasteiger partial charge in [0.2, 0.25) is 5.91 Å². The SMILES string of the molecule is O=C(/C=C/c1ccccc1F)N1CCC(OCCO)CC1. The summed E-state index contributed by atoms with van der Waals surface area (Å²) in [6.45, 7) is 1.60. The number of hydrogen-bond donors (Lipinski definition) is 1. The number of carbonyl (C=O) groups is 1. The van der Waals surface area contributed by atoms with Crippen molar-refractivity contribution in [1.29, 1.82) is 0 Å². The van der Waals surface area contributed by atoms with Gasteiger partial charge < -0.3 is 14.7 Å². The van der Waals surface area contributed by atoms with E-state index in [1.165, 1.54) is 18.2 Å². The minimum absolute atomic E-state index is 0.0184. The van der Waals surface area contributed by atoms with Crippen LogP contribution in [0.4, 0.5) is 4.39 Å². The minimum Gasteiger partial charge on any atom is -0.394 e. The van der Waals surface area contributed by atoms with Crippen molar-refractivity contribution in [1.82, 2.24) is 4.90 Å². The number of carbonyl (C=O) groups excluding carboxylic acids is 1. The number of nitrogens with zero attached hydrogens (tertiary/aromatic N) is 1. The molecule has 1 heterocycles. The maximum atomic E-state index is 13.4. The van der Waals surface area contributed by atoms with Gasteiger partial charge in [0, 0.05) is 24.7 Å². The van der Waals surface area contributed by atoms with Crippen LogP contribution in [0.3, 0.4) is 0 Å². The van der Waals surface area contributed by atoms with Crippen molar-refractivity contribution in [3.05, 3.63) is 41.7 Å². The molecule has 5 heteroatoms. The number of ether oxygens (including phenoxy) is 1. The molecule has 1 N–H and O–H groups in total. The zero-order valence-electron chi connectivity index (χ0n) is 11.9. The molecule has 1 aromatic rings. The maximum absolute atomic E-state index is 13.4. The first kappa shape index (κ1) is 15.7. The standard InChI is InChI=1S/C16H20FNO3/c17-15-4-2-1-3-13(15)5-6-16(20)18-9-7-14(8-10-18)21-12-11-19/h1-6,14,19H,7-12H2/b6-5+. The highest BCUT2D eigenvalue weighted by atomic mass is 19.1. The Hall–Kier alpha value is -1.72. The maximum Gasteiger partial charge on any atom is 0.246 e. The molecule has 0 aliphatic carbocycles. The van der Waals surface area contributed by atoms with Gasteiger partial charge in [-0.1, -0.05) is 18.2 Å². The second-order valence-electron chi connectivity index (χ2n) is 4.97. The van der Waals surface area contributed by atoms with E-state index >= 15 is 0 Å². The first-order chi connectivity index (χ1) is 10.2. The highest BCUT2D eigenvalue weighted by Gasteiger charge is 2.21. The van der Waals surface area contributed by atoms with Gasteiger partial charge in [0.15, 0.2) is 0 Å². The van der Waals surface area contributed by atoms with Gasteiger partial charge in [0.1, 0.15) is 5.82 Å². The molecule has 1 aliphatic heterocycles. The zero-order valence-corrected chi connectivity index (χ0v) is 11.9. The molecule has 0 spiro atoms. The summed E-state index contributed by atoms with van der Waals surface area (Å²) in [6, 6.07) is 6.35. The number of aliphatic hydroxyl groups excluding tert-OH is 1. The lowest BCUT2D eigenvalue weighted by atomic mass is 10.1. The Morgan fingerprint density at radius 2 is 2.10 bits per heavy atom. The van der Waals surface area contributed by atoms with Crippen molar-refractivity contribution in [2.24, 2.45) is 0 Å². The van der Waals surface area contributed by atoms with Crippen LogP contribution in [0.1, 0.15) is 18.4 Å². The molecule has 0 saturated carbocycles. The Labute approximate surface area is 123 Å². The predicted octanol–water partition coefficient (Wildman–Crippen LogP) is 1.84. The molecule has 4 nitrogen and oxygen atoms in total. The molecule has 1 aliphatic rings. The minimum atomic E-state index is -0.335. The number of halogens is 1. The third-order valence-corrected chi connectivity index (χ3v) is 3.51. The largest absolute Gasteiger partial charge is 0.394 e. The van der Waals surface area contributed by atoms with Crippen LogP contribution in [-0.4, -0.2) is 48.3 Å². The van der Waals surface area contributed by atoms with Crippen LogP contribution >= 0.6 is 0 Å². The fraction of sp³-hybridized carbons (Fsp3) is 0.438. The predicted molar refractivity (Wildman–Crippen MR) is 78.1 cm³/mol. The molecule has 1 amide bonds. The van der Waals surface area contributed by atoms with Gasteiger partial charge in [0.05, 0.1) is 19.3 Å². The monoisotopic (exact) mass is 293 g/mol. The van der Waals surface area contributed by atoms with Gasteiger partial charge in [-0.3, -0.25) is 4.79 Å². The molecule has 1 saturated heterocycles. The van der Waals surface area contributed by atoms with Crippen LogP contribution in [0.2, 0.25) is 0 Å². The fourth-order valence-corrected chi connectivity index (χ4v) is 2.34. The molecule has 0 unspecified atom stereocenters. The van der Waals surface area contributed by atoms with Crippen molar-refractivity contribution < 1.29 is 19.0 Å². The van der Waals surface area contributed by atoms with E-state index in [1.807, 2.05) is 0 Å². The van der Waals surface area contributed by atoms with Crippen molar-refractivity contribution >= 4 is 12.0 Å². The van der Waals surface area contributed by atoms with E-state index in [0.29, 0.717) is 25.3 Å². The van der Waals surface area contributed by atoms with Gasteiger partial charge in [-0.2, -0.15) is 0 Å². The lowest BCUT2D eigenvalue weighted by molar-refractivity contribution is -0.128. The molecule has 0 atom stereocenters. The Balaban J connectivity index is 1.84.